The number of nitrogens with one attached hydrogen (secondary N) is 2. The molecule has 1 atom stereocenters. The summed E-state index contributed by atoms with van der Waals surface area (Å²) in [7, 11) is 0. The molecular formula is C16H18N4S. The van der Waals surface area contributed by atoms with Crippen molar-refractivity contribution in [1.82, 2.24) is 20.3 Å². The van der Waals surface area contributed by atoms with Gasteiger partial charge in [0.2, 0.25) is 0 Å². The molecule has 0 aliphatic heterocycles. The average molecular weight is 298 g/mol. The van der Waals surface area contributed by atoms with Gasteiger partial charge in [0.25, 0.3) is 0 Å². The third-order valence-corrected chi connectivity index (χ3v) is 4.17. The third-order valence-electron chi connectivity index (χ3n) is 3.30. The van der Waals surface area contributed by atoms with Gasteiger partial charge in [-0.2, -0.15) is 0 Å². The molecule has 2 N–H and O–H groups in total. The van der Waals surface area contributed by atoms with Crippen molar-refractivity contribution in [1.29, 1.82) is 0 Å². The molecular weight excluding hydrogens is 280 g/mol. The van der Waals surface area contributed by atoms with Crippen molar-refractivity contribution in [3.05, 3.63) is 58.9 Å². The van der Waals surface area contributed by atoms with Gasteiger partial charge in [-0.25, -0.2) is 9.97 Å². The second-order valence-corrected chi connectivity index (χ2v) is 5.72. The van der Waals surface area contributed by atoms with E-state index in [1.807, 2.05) is 24.4 Å². The van der Waals surface area contributed by atoms with Gasteiger partial charge < -0.3 is 10.3 Å². The van der Waals surface area contributed by atoms with Crippen molar-refractivity contribution in [2.24, 2.45) is 0 Å². The predicted molar refractivity (Wildman–Crippen MR) is 86.3 cm³/mol. The fraction of sp³-hybridized carbons (Fsp3) is 0.250. The second kappa shape index (κ2) is 6.65. The van der Waals surface area contributed by atoms with Crippen LogP contribution in [0.15, 0.2) is 48.1 Å². The molecule has 5 heteroatoms. The normalized spacial score (nSPS) is 12.4. The highest BCUT2D eigenvalue weighted by Crippen LogP contribution is 2.24. The summed E-state index contributed by atoms with van der Waals surface area (Å²) in [5.74, 6) is 0.966. The molecule has 0 amide bonds. The minimum absolute atomic E-state index is 0.180. The van der Waals surface area contributed by atoms with Gasteiger partial charge >= 0.3 is 0 Å². The first-order valence-electron chi connectivity index (χ1n) is 7.09. The molecule has 0 spiro atoms. The van der Waals surface area contributed by atoms with E-state index < -0.39 is 0 Å². The highest BCUT2D eigenvalue weighted by Gasteiger charge is 2.15. The summed E-state index contributed by atoms with van der Waals surface area (Å²) in [5, 5.41) is 6.70. The van der Waals surface area contributed by atoms with Crippen LogP contribution in [0.5, 0.6) is 0 Å². The molecule has 2 heterocycles. The smallest absolute Gasteiger partial charge is 0.123 e. The van der Waals surface area contributed by atoms with E-state index in [9.17, 15) is 0 Å². The van der Waals surface area contributed by atoms with Gasteiger partial charge in [0.05, 0.1) is 16.7 Å². The zero-order valence-corrected chi connectivity index (χ0v) is 12.7. The Bertz CT molecular complexity index is 661. The zero-order valence-electron chi connectivity index (χ0n) is 11.9. The maximum atomic E-state index is 4.75. The Morgan fingerprint density at radius 3 is 2.86 bits per heavy atom. The van der Waals surface area contributed by atoms with Crippen LogP contribution >= 0.6 is 11.3 Å². The third kappa shape index (κ3) is 3.37. The van der Waals surface area contributed by atoms with Crippen LogP contribution in [0.4, 0.5) is 0 Å². The van der Waals surface area contributed by atoms with E-state index in [4.69, 9.17) is 4.98 Å². The number of aromatic nitrogens is 3. The number of imidazole rings is 1. The van der Waals surface area contributed by atoms with Crippen molar-refractivity contribution in [3.8, 4) is 11.3 Å². The first-order valence-corrected chi connectivity index (χ1v) is 7.97. The van der Waals surface area contributed by atoms with Crippen LogP contribution < -0.4 is 5.32 Å². The van der Waals surface area contributed by atoms with Crippen LogP contribution in [0.1, 0.15) is 23.8 Å². The Labute approximate surface area is 128 Å². The Morgan fingerprint density at radius 2 is 2.14 bits per heavy atom. The largest absolute Gasteiger partial charge is 0.347 e. The SMILES string of the molecule is CCNC(Cc1nc(-c2ccccc2)cs1)c1ncc[nH]1. The lowest BCUT2D eigenvalue weighted by Crippen LogP contribution is -2.24. The molecule has 2 aromatic heterocycles. The van der Waals surface area contributed by atoms with Gasteiger partial charge in [0.15, 0.2) is 0 Å². The molecule has 108 valence electrons. The lowest BCUT2D eigenvalue weighted by molar-refractivity contribution is 0.525. The maximum Gasteiger partial charge on any atom is 0.123 e. The number of nitrogens with zero attached hydrogens (tertiary/aromatic N) is 2. The molecule has 0 aliphatic carbocycles. The summed E-state index contributed by atoms with van der Waals surface area (Å²) in [6.07, 6.45) is 4.49. The lowest BCUT2D eigenvalue weighted by Gasteiger charge is -2.13. The highest BCUT2D eigenvalue weighted by atomic mass is 32.1. The van der Waals surface area contributed by atoms with E-state index in [1.54, 1.807) is 17.5 Å². The predicted octanol–water partition coefficient (Wildman–Crippen LogP) is 3.43. The van der Waals surface area contributed by atoms with Gasteiger partial charge in [0, 0.05) is 29.8 Å². The number of H-pyrrole nitrogens is 1. The van der Waals surface area contributed by atoms with Crippen molar-refractivity contribution in [2.75, 3.05) is 6.54 Å². The first kappa shape index (κ1) is 14.0. The number of aromatic amines is 1. The van der Waals surface area contributed by atoms with Crippen molar-refractivity contribution < 1.29 is 0 Å². The Morgan fingerprint density at radius 1 is 1.29 bits per heavy atom. The molecule has 1 aromatic carbocycles. The van der Waals surface area contributed by atoms with Crippen LogP contribution in [-0.2, 0) is 6.42 Å². The molecule has 1 unspecified atom stereocenters. The summed E-state index contributed by atoms with van der Waals surface area (Å²) in [5.41, 5.74) is 2.21. The molecule has 0 saturated carbocycles. The number of hydrogen-bond acceptors (Lipinski definition) is 4. The Kier molecular flexibility index (Phi) is 4.43. The van der Waals surface area contributed by atoms with Crippen LogP contribution in [-0.4, -0.2) is 21.5 Å². The summed E-state index contributed by atoms with van der Waals surface area (Å²) in [6, 6.07) is 10.5. The zero-order chi connectivity index (χ0) is 14.5. The van der Waals surface area contributed by atoms with Crippen LogP contribution in [0, 0.1) is 0 Å². The lowest BCUT2D eigenvalue weighted by atomic mass is 10.2. The number of hydrogen-bond donors (Lipinski definition) is 2. The highest BCUT2D eigenvalue weighted by molar-refractivity contribution is 7.09. The monoisotopic (exact) mass is 298 g/mol. The quantitative estimate of drug-likeness (QED) is 0.733. The number of rotatable bonds is 6. The van der Waals surface area contributed by atoms with Gasteiger partial charge in [-0.1, -0.05) is 37.3 Å². The van der Waals surface area contributed by atoms with Crippen molar-refractivity contribution in [3.63, 3.8) is 0 Å². The number of benzene rings is 1. The summed E-state index contributed by atoms with van der Waals surface area (Å²) < 4.78 is 0. The van der Waals surface area contributed by atoms with Crippen molar-refractivity contribution in [2.45, 2.75) is 19.4 Å². The summed E-state index contributed by atoms with van der Waals surface area (Å²) in [4.78, 5) is 12.3. The molecule has 0 radical (unpaired) electrons. The molecule has 3 aromatic rings. The van der Waals surface area contributed by atoms with Gasteiger partial charge in [0.1, 0.15) is 5.82 Å². The number of likely N-dealkylation sites (N-methyl/N-ethyl adjacent to an activating group) is 1. The van der Waals surface area contributed by atoms with Crippen LogP contribution in [0.2, 0.25) is 0 Å². The molecule has 21 heavy (non-hydrogen) atoms. The molecule has 0 fully saturated rings. The molecule has 0 saturated heterocycles. The van der Waals surface area contributed by atoms with E-state index in [-0.39, 0.29) is 6.04 Å². The standard InChI is InChI=1S/C16H18N4S/c1-2-17-13(16-18-8-9-19-16)10-15-20-14(11-21-15)12-6-4-3-5-7-12/h3-9,11,13,17H,2,10H2,1H3,(H,18,19). The fourth-order valence-electron chi connectivity index (χ4n) is 2.30. The second-order valence-electron chi connectivity index (χ2n) is 4.78. The minimum atomic E-state index is 0.180. The van der Waals surface area contributed by atoms with E-state index in [2.05, 4.69) is 39.7 Å². The maximum absolute atomic E-state index is 4.75. The summed E-state index contributed by atoms with van der Waals surface area (Å²) >= 11 is 1.70. The average Bonchev–Trinajstić information content (AvgIpc) is 3.19. The van der Waals surface area contributed by atoms with Gasteiger partial charge in [-0.05, 0) is 6.54 Å². The van der Waals surface area contributed by atoms with Gasteiger partial charge in [-0.3, -0.25) is 0 Å². The van der Waals surface area contributed by atoms with Crippen LogP contribution in [0.25, 0.3) is 11.3 Å². The molecule has 0 bridgehead atoms. The van der Waals surface area contributed by atoms with E-state index in [0.29, 0.717) is 0 Å². The van der Waals surface area contributed by atoms with Gasteiger partial charge in [-0.15, -0.1) is 11.3 Å². The number of thiazole rings is 1. The fourth-order valence-corrected chi connectivity index (χ4v) is 3.15. The summed E-state index contributed by atoms with van der Waals surface area (Å²) in [6.45, 7) is 3.01. The van der Waals surface area contributed by atoms with E-state index in [1.165, 1.54) is 0 Å². The Hall–Kier alpha value is -1.98. The minimum Gasteiger partial charge on any atom is -0.347 e. The van der Waals surface area contributed by atoms with E-state index >= 15 is 0 Å². The first-order chi connectivity index (χ1) is 10.4. The van der Waals surface area contributed by atoms with Crippen LogP contribution in [0.3, 0.4) is 0 Å². The topological polar surface area (TPSA) is 53.6 Å². The Balaban J connectivity index is 1.77. The molecule has 4 nitrogen and oxygen atoms in total. The molecule has 3 rings (SSSR count). The molecule has 0 aliphatic rings. The van der Waals surface area contributed by atoms with E-state index in [0.717, 1.165) is 35.1 Å². The van der Waals surface area contributed by atoms with Crippen molar-refractivity contribution >= 4 is 11.3 Å².